The second-order valence-corrected chi connectivity index (χ2v) is 9.95. The summed E-state index contributed by atoms with van der Waals surface area (Å²) in [5.41, 5.74) is 1.82. The average Bonchev–Trinajstić information content (AvgIpc) is 3.53. The Bertz CT molecular complexity index is 1120. The van der Waals surface area contributed by atoms with Crippen molar-refractivity contribution in [3.05, 3.63) is 34.8 Å². The van der Waals surface area contributed by atoms with E-state index in [4.69, 9.17) is 9.47 Å². The van der Waals surface area contributed by atoms with E-state index in [0.717, 1.165) is 36.7 Å². The average molecular weight is 515 g/mol. The van der Waals surface area contributed by atoms with Gasteiger partial charge in [-0.1, -0.05) is 6.07 Å². The zero-order valence-corrected chi connectivity index (χ0v) is 21.1. The monoisotopic (exact) mass is 514 g/mol. The number of hydrogen-bond donors (Lipinski definition) is 1. The van der Waals surface area contributed by atoms with Crippen molar-refractivity contribution in [2.75, 3.05) is 64.5 Å². The van der Waals surface area contributed by atoms with Crippen LogP contribution in [0.2, 0.25) is 0 Å². The first-order valence-electron chi connectivity index (χ1n) is 12.1. The molecule has 0 aliphatic carbocycles. The van der Waals surface area contributed by atoms with E-state index in [1.165, 1.54) is 18.3 Å². The number of carbonyl (C=O) groups excluding carboxylic acids is 3. The van der Waals surface area contributed by atoms with E-state index in [1.54, 1.807) is 9.80 Å². The van der Waals surface area contributed by atoms with Crippen molar-refractivity contribution >= 4 is 34.3 Å². The van der Waals surface area contributed by atoms with Gasteiger partial charge in [0.15, 0.2) is 16.6 Å². The topological polar surface area (TPSA) is 108 Å². The number of piperazine rings is 2. The highest BCUT2D eigenvalue weighted by Crippen LogP contribution is 2.32. The van der Waals surface area contributed by atoms with Crippen LogP contribution in [0, 0.1) is 0 Å². The number of hydrogen-bond acceptors (Lipinski definition) is 8. The van der Waals surface area contributed by atoms with E-state index < -0.39 is 0 Å². The Morgan fingerprint density at radius 1 is 0.944 bits per heavy atom. The smallest absolute Gasteiger partial charge is 0.323 e. The molecule has 0 bridgehead atoms. The molecule has 2 fully saturated rings. The van der Waals surface area contributed by atoms with Crippen LogP contribution >= 0.6 is 11.3 Å². The number of nitrogens with zero attached hydrogens (tertiary/aromatic N) is 5. The number of benzene rings is 1. The van der Waals surface area contributed by atoms with E-state index in [2.05, 4.69) is 21.3 Å². The lowest BCUT2D eigenvalue weighted by Gasteiger charge is -2.34. The van der Waals surface area contributed by atoms with Gasteiger partial charge < -0.3 is 24.2 Å². The Morgan fingerprint density at radius 2 is 1.64 bits per heavy atom. The predicted octanol–water partition coefficient (Wildman–Crippen LogP) is 1.45. The highest BCUT2D eigenvalue weighted by molar-refractivity contribution is 7.13. The van der Waals surface area contributed by atoms with Gasteiger partial charge in [0.05, 0.1) is 12.1 Å². The van der Waals surface area contributed by atoms with E-state index in [0.29, 0.717) is 50.1 Å². The Kier molecular flexibility index (Phi) is 7.23. The van der Waals surface area contributed by atoms with Crippen molar-refractivity contribution < 1.29 is 23.9 Å². The molecular formula is C24H30N6O5S. The Morgan fingerprint density at radius 3 is 2.39 bits per heavy atom. The molecule has 4 amide bonds. The van der Waals surface area contributed by atoms with Crippen LogP contribution in [0.25, 0.3) is 0 Å². The van der Waals surface area contributed by atoms with Crippen LogP contribution in [0.1, 0.15) is 18.2 Å². The maximum atomic E-state index is 12.8. The number of fused-ring (bicyclic) bond motifs is 1. The van der Waals surface area contributed by atoms with E-state index in [9.17, 15) is 14.4 Å². The van der Waals surface area contributed by atoms with Crippen LogP contribution < -0.4 is 14.8 Å². The number of anilines is 1. The lowest BCUT2D eigenvalue weighted by atomic mass is 10.1. The van der Waals surface area contributed by atoms with Crippen LogP contribution in [0.3, 0.4) is 0 Å². The van der Waals surface area contributed by atoms with Crippen molar-refractivity contribution in [2.24, 2.45) is 0 Å². The largest absolute Gasteiger partial charge is 0.454 e. The predicted molar refractivity (Wildman–Crippen MR) is 133 cm³/mol. The van der Waals surface area contributed by atoms with Crippen molar-refractivity contribution in [2.45, 2.75) is 19.9 Å². The first-order chi connectivity index (χ1) is 17.4. The number of carbonyl (C=O) groups is 3. The summed E-state index contributed by atoms with van der Waals surface area (Å²) in [6.45, 7) is 7.59. The second-order valence-electron chi connectivity index (χ2n) is 9.09. The van der Waals surface area contributed by atoms with Gasteiger partial charge in [-0.15, -0.1) is 11.3 Å². The van der Waals surface area contributed by atoms with Gasteiger partial charge in [0, 0.05) is 71.2 Å². The molecule has 192 valence electrons. The fourth-order valence-electron chi connectivity index (χ4n) is 4.56. The molecule has 0 saturated carbocycles. The molecule has 3 aliphatic heterocycles. The van der Waals surface area contributed by atoms with Gasteiger partial charge in [0.25, 0.3) is 0 Å². The van der Waals surface area contributed by atoms with Crippen LogP contribution in [-0.2, 0) is 22.6 Å². The Hall–Kier alpha value is -3.38. The minimum atomic E-state index is -0.232. The first kappa shape index (κ1) is 24.3. The summed E-state index contributed by atoms with van der Waals surface area (Å²) >= 11 is 1.31. The Balaban J connectivity index is 1.05. The van der Waals surface area contributed by atoms with Crippen molar-refractivity contribution in [3.63, 3.8) is 0 Å². The molecule has 0 unspecified atom stereocenters. The quantitative estimate of drug-likeness (QED) is 0.644. The molecule has 36 heavy (non-hydrogen) atoms. The van der Waals surface area contributed by atoms with Gasteiger partial charge in [-0.05, 0) is 17.7 Å². The number of aromatic nitrogens is 1. The summed E-state index contributed by atoms with van der Waals surface area (Å²) < 4.78 is 10.8. The maximum absolute atomic E-state index is 12.8. The Labute approximate surface area is 213 Å². The lowest BCUT2D eigenvalue weighted by molar-refractivity contribution is -0.132. The van der Waals surface area contributed by atoms with Crippen LogP contribution in [0.15, 0.2) is 23.6 Å². The molecule has 11 nitrogen and oxygen atoms in total. The number of rotatable bonds is 5. The number of urea groups is 1. The highest BCUT2D eigenvalue weighted by Gasteiger charge is 2.25. The zero-order valence-electron chi connectivity index (χ0n) is 20.3. The summed E-state index contributed by atoms with van der Waals surface area (Å²) in [6, 6.07) is 5.78. The normalized spacial score (nSPS) is 17.9. The summed E-state index contributed by atoms with van der Waals surface area (Å²) in [5.74, 6) is 1.64. The summed E-state index contributed by atoms with van der Waals surface area (Å²) in [4.78, 5) is 48.9. The number of ether oxygens (including phenoxy) is 2. The molecule has 0 atom stereocenters. The van der Waals surface area contributed by atoms with Crippen molar-refractivity contribution in [1.82, 2.24) is 24.6 Å². The fraction of sp³-hybridized carbons (Fsp3) is 0.500. The standard InChI is InChI=1S/C24H30N6O5S/c1-17(31)28-8-10-30(11-9-28)24(33)26-23-25-19(15-36-23)13-22(32)29-6-4-27(5-7-29)14-18-2-3-20-21(12-18)35-16-34-20/h2-3,12,15H,4-11,13-14,16H2,1H3,(H,25,26,33). The highest BCUT2D eigenvalue weighted by atomic mass is 32.1. The van der Waals surface area contributed by atoms with Crippen LogP contribution in [0.4, 0.5) is 9.93 Å². The van der Waals surface area contributed by atoms with Gasteiger partial charge in [0.2, 0.25) is 18.6 Å². The first-order valence-corrected chi connectivity index (χ1v) is 13.0. The SMILES string of the molecule is CC(=O)N1CCN(C(=O)Nc2nc(CC(=O)N3CCN(Cc4ccc5c(c4)OCO5)CC3)cs2)CC1. The fourth-order valence-corrected chi connectivity index (χ4v) is 5.26. The maximum Gasteiger partial charge on any atom is 0.323 e. The molecule has 2 saturated heterocycles. The molecule has 5 rings (SSSR count). The van der Waals surface area contributed by atoms with Gasteiger partial charge >= 0.3 is 6.03 Å². The van der Waals surface area contributed by atoms with Crippen LogP contribution in [-0.4, -0.2) is 102 Å². The molecular weight excluding hydrogens is 484 g/mol. The molecule has 1 aromatic heterocycles. The third-order valence-electron chi connectivity index (χ3n) is 6.68. The second kappa shape index (κ2) is 10.7. The molecule has 0 radical (unpaired) electrons. The van der Waals surface area contributed by atoms with E-state index >= 15 is 0 Å². The number of nitrogens with one attached hydrogen (secondary N) is 1. The summed E-state index contributed by atoms with van der Waals surface area (Å²) in [7, 11) is 0. The summed E-state index contributed by atoms with van der Waals surface area (Å²) in [5, 5.41) is 5.11. The molecule has 0 spiro atoms. The third kappa shape index (κ3) is 5.71. The van der Waals surface area contributed by atoms with E-state index in [-0.39, 0.29) is 31.1 Å². The molecule has 12 heteroatoms. The molecule has 4 heterocycles. The van der Waals surface area contributed by atoms with Gasteiger partial charge in [-0.2, -0.15) is 0 Å². The molecule has 3 aliphatic rings. The minimum absolute atomic E-state index is 0.0235. The van der Waals surface area contributed by atoms with Crippen LogP contribution in [0.5, 0.6) is 11.5 Å². The van der Waals surface area contributed by atoms with Gasteiger partial charge in [-0.25, -0.2) is 9.78 Å². The molecule has 1 N–H and O–H groups in total. The minimum Gasteiger partial charge on any atom is -0.454 e. The lowest BCUT2D eigenvalue weighted by Crippen LogP contribution is -2.51. The van der Waals surface area contributed by atoms with Crippen molar-refractivity contribution in [3.8, 4) is 11.5 Å². The number of amides is 4. The third-order valence-corrected chi connectivity index (χ3v) is 7.48. The van der Waals surface area contributed by atoms with E-state index in [1.807, 2.05) is 22.4 Å². The van der Waals surface area contributed by atoms with Gasteiger partial charge in [0.1, 0.15) is 0 Å². The summed E-state index contributed by atoms with van der Waals surface area (Å²) in [6.07, 6.45) is 0.214. The molecule has 2 aromatic rings. The van der Waals surface area contributed by atoms with Gasteiger partial charge in [-0.3, -0.25) is 19.8 Å². The number of thiazole rings is 1. The zero-order chi connectivity index (χ0) is 25.1. The van der Waals surface area contributed by atoms with Crippen molar-refractivity contribution in [1.29, 1.82) is 0 Å². The molecule has 1 aromatic carbocycles.